The number of benzene rings is 2. The minimum atomic E-state index is -3.70. The highest BCUT2D eigenvalue weighted by atomic mass is 32.2. The van der Waals surface area contributed by atoms with Crippen molar-refractivity contribution >= 4 is 26.7 Å². The number of hydrogen-bond acceptors (Lipinski definition) is 8. The Bertz CT molecular complexity index is 1510. The predicted molar refractivity (Wildman–Crippen MR) is 121 cm³/mol. The van der Waals surface area contributed by atoms with Gasteiger partial charge in [-0.05, 0) is 49.4 Å². The summed E-state index contributed by atoms with van der Waals surface area (Å²) in [5.74, 6) is 1.64. The molecule has 5 aromatic rings. The van der Waals surface area contributed by atoms with Gasteiger partial charge >= 0.3 is 0 Å². The number of anilines is 1. The zero-order valence-corrected chi connectivity index (χ0v) is 18.2. The molecule has 0 radical (unpaired) electrons. The Labute approximate surface area is 188 Å². The smallest absolute Gasteiger partial charge is 0.238 e. The average Bonchev–Trinajstić information content (AvgIpc) is 3.45. The van der Waals surface area contributed by atoms with Crippen LogP contribution < -0.4 is 9.46 Å². The molecule has 166 valence electrons. The van der Waals surface area contributed by atoms with Crippen molar-refractivity contribution in [1.29, 1.82) is 0 Å². The first-order valence-corrected chi connectivity index (χ1v) is 11.6. The average molecular weight is 462 g/mol. The lowest BCUT2D eigenvalue weighted by molar-refractivity contribution is 0.448. The highest BCUT2D eigenvalue weighted by Crippen LogP contribution is 2.25. The lowest BCUT2D eigenvalue weighted by atomic mass is 10.2. The van der Waals surface area contributed by atoms with Crippen LogP contribution in [0, 0.1) is 6.92 Å². The Hall–Kier alpha value is -4.25. The van der Waals surface area contributed by atoms with Crippen molar-refractivity contribution < 1.29 is 17.7 Å². The third-order valence-corrected chi connectivity index (χ3v) is 5.87. The molecule has 33 heavy (non-hydrogen) atoms. The molecule has 0 saturated carbocycles. The molecule has 0 bridgehead atoms. The Morgan fingerprint density at radius 2 is 1.88 bits per heavy atom. The molecular formula is C22H18N6O4S. The maximum atomic E-state index is 12.6. The number of hydrogen-bond donors (Lipinski definition) is 1. The SMILES string of the molecule is Cc1nc(Oc2ccc(NS(=O)(=O)Cc3noc4ccccc34)cc2)cc(-n2cccn2)n1. The Morgan fingerprint density at radius 1 is 1.06 bits per heavy atom. The first-order valence-electron chi connectivity index (χ1n) is 9.93. The molecule has 3 aromatic heterocycles. The molecule has 0 amide bonds. The van der Waals surface area contributed by atoms with Gasteiger partial charge in [0.15, 0.2) is 11.4 Å². The van der Waals surface area contributed by atoms with Crippen LogP contribution in [0.3, 0.4) is 0 Å². The fraction of sp³-hybridized carbons (Fsp3) is 0.0909. The quantitative estimate of drug-likeness (QED) is 0.387. The van der Waals surface area contributed by atoms with E-state index in [9.17, 15) is 8.42 Å². The van der Waals surface area contributed by atoms with Gasteiger partial charge in [-0.15, -0.1) is 0 Å². The van der Waals surface area contributed by atoms with E-state index in [4.69, 9.17) is 9.26 Å². The second kappa shape index (κ2) is 8.36. The predicted octanol–water partition coefficient (Wildman–Crippen LogP) is 3.85. The van der Waals surface area contributed by atoms with Crippen LogP contribution in [0.2, 0.25) is 0 Å². The molecule has 0 aliphatic heterocycles. The van der Waals surface area contributed by atoms with E-state index >= 15 is 0 Å². The Kier molecular flexibility index (Phi) is 5.23. The van der Waals surface area contributed by atoms with E-state index in [0.29, 0.717) is 45.6 Å². The third kappa shape index (κ3) is 4.67. The summed E-state index contributed by atoms with van der Waals surface area (Å²) in [7, 11) is -3.70. The summed E-state index contributed by atoms with van der Waals surface area (Å²) in [6.45, 7) is 1.76. The molecule has 0 unspecified atom stereocenters. The molecule has 5 rings (SSSR count). The van der Waals surface area contributed by atoms with Crippen LogP contribution in [0.15, 0.2) is 77.6 Å². The highest BCUT2D eigenvalue weighted by molar-refractivity contribution is 7.91. The number of fused-ring (bicyclic) bond motifs is 1. The van der Waals surface area contributed by atoms with Gasteiger partial charge in [0.05, 0.1) is 0 Å². The van der Waals surface area contributed by atoms with Gasteiger partial charge in [0.2, 0.25) is 15.9 Å². The van der Waals surface area contributed by atoms with Crippen molar-refractivity contribution in [3.05, 3.63) is 84.6 Å². The first-order chi connectivity index (χ1) is 15.9. The molecular weight excluding hydrogens is 444 g/mol. The number of nitrogens with zero attached hydrogens (tertiary/aromatic N) is 5. The van der Waals surface area contributed by atoms with Gasteiger partial charge in [0.1, 0.15) is 23.0 Å². The molecule has 2 aromatic carbocycles. The molecule has 0 aliphatic rings. The molecule has 11 heteroatoms. The van der Waals surface area contributed by atoms with Crippen LogP contribution in [0.4, 0.5) is 5.69 Å². The van der Waals surface area contributed by atoms with E-state index in [1.54, 1.807) is 84.7 Å². The number of ether oxygens (including phenoxy) is 1. The summed E-state index contributed by atoms with van der Waals surface area (Å²) in [5.41, 5.74) is 1.29. The van der Waals surface area contributed by atoms with Crippen LogP contribution in [-0.2, 0) is 15.8 Å². The molecule has 0 aliphatic carbocycles. The number of aryl methyl sites for hydroxylation is 1. The van der Waals surface area contributed by atoms with Crippen LogP contribution >= 0.6 is 0 Å². The summed E-state index contributed by atoms with van der Waals surface area (Å²) in [5, 5.41) is 8.71. The van der Waals surface area contributed by atoms with Gasteiger partial charge in [0, 0.05) is 29.5 Å². The van der Waals surface area contributed by atoms with E-state index in [-0.39, 0.29) is 5.75 Å². The molecule has 0 atom stereocenters. The van der Waals surface area contributed by atoms with Gasteiger partial charge < -0.3 is 9.26 Å². The van der Waals surface area contributed by atoms with Gasteiger partial charge in [-0.3, -0.25) is 4.72 Å². The van der Waals surface area contributed by atoms with Crippen molar-refractivity contribution in [2.24, 2.45) is 0 Å². The van der Waals surface area contributed by atoms with Crippen molar-refractivity contribution in [2.75, 3.05) is 4.72 Å². The van der Waals surface area contributed by atoms with Crippen LogP contribution in [0.1, 0.15) is 11.5 Å². The van der Waals surface area contributed by atoms with Crippen LogP contribution in [0.25, 0.3) is 16.8 Å². The maximum Gasteiger partial charge on any atom is 0.238 e. The van der Waals surface area contributed by atoms with Crippen LogP contribution in [-0.4, -0.2) is 33.3 Å². The monoisotopic (exact) mass is 462 g/mol. The second-order valence-corrected chi connectivity index (χ2v) is 8.90. The lowest BCUT2D eigenvalue weighted by Gasteiger charge is -2.10. The molecule has 3 heterocycles. The summed E-state index contributed by atoms with van der Waals surface area (Å²) in [6, 6.07) is 17.1. The number of rotatable bonds is 7. The second-order valence-electron chi connectivity index (χ2n) is 7.18. The Balaban J connectivity index is 1.29. The third-order valence-electron chi connectivity index (χ3n) is 4.67. The van der Waals surface area contributed by atoms with E-state index in [2.05, 4.69) is 24.9 Å². The van der Waals surface area contributed by atoms with E-state index in [1.165, 1.54) is 0 Å². The minimum absolute atomic E-state index is 0.307. The summed E-state index contributed by atoms with van der Waals surface area (Å²) >= 11 is 0. The summed E-state index contributed by atoms with van der Waals surface area (Å²) in [4.78, 5) is 8.63. The van der Waals surface area contributed by atoms with Crippen molar-refractivity contribution in [3.63, 3.8) is 0 Å². The normalized spacial score (nSPS) is 11.5. The maximum absolute atomic E-state index is 12.6. The fourth-order valence-electron chi connectivity index (χ4n) is 3.25. The highest BCUT2D eigenvalue weighted by Gasteiger charge is 2.17. The number of sulfonamides is 1. The summed E-state index contributed by atoms with van der Waals surface area (Å²) in [6.07, 6.45) is 3.43. The fourth-order valence-corrected chi connectivity index (χ4v) is 4.38. The topological polar surface area (TPSA) is 125 Å². The number of para-hydroxylation sites is 1. The van der Waals surface area contributed by atoms with E-state index in [1.807, 2.05) is 0 Å². The standard InChI is InChI=1S/C22H18N6O4S/c1-15-24-21(28-12-4-11-23-28)13-22(25-15)31-17-9-7-16(8-10-17)27-33(29,30)14-19-18-5-2-3-6-20(18)32-26-19/h2-13,27H,14H2,1H3. The van der Waals surface area contributed by atoms with E-state index < -0.39 is 10.0 Å². The number of nitrogens with one attached hydrogen (secondary N) is 1. The van der Waals surface area contributed by atoms with Gasteiger partial charge in [-0.25, -0.2) is 18.1 Å². The van der Waals surface area contributed by atoms with Gasteiger partial charge in [0.25, 0.3) is 0 Å². The van der Waals surface area contributed by atoms with Crippen LogP contribution in [0.5, 0.6) is 11.6 Å². The van der Waals surface area contributed by atoms with Crippen molar-refractivity contribution in [2.45, 2.75) is 12.7 Å². The zero-order valence-electron chi connectivity index (χ0n) is 17.4. The lowest BCUT2D eigenvalue weighted by Crippen LogP contribution is -2.15. The van der Waals surface area contributed by atoms with Crippen molar-refractivity contribution in [3.8, 4) is 17.4 Å². The minimum Gasteiger partial charge on any atom is -0.439 e. The summed E-state index contributed by atoms with van der Waals surface area (Å²) < 4.78 is 40.4. The largest absolute Gasteiger partial charge is 0.439 e. The molecule has 0 spiro atoms. The van der Waals surface area contributed by atoms with E-state index in [0.717, 1.165) is 0 Å². The van der Waals surface area contributed by atoms with Crippen molar-refractivity contribution in [1.82, 2.24) is 24.9 Å². The molecule has 10 nitrogen and oxygen atoms in total. The van der Waals surface area contributed by atoms with Gasteiger partial charge in [-0.2, -0.15) is 10.1 Å². The Morgan fingerprint density at radius 3 is 2.67 bits per heavy atom. The molecule has 0 fully saturated rings. The first kappa shape index (κ1) is 20.6. The zero-order chi connectivity index (χ0) is 22.8. The number of aromatic nitrogens is 5. The molecule has 0 saturated heterocycles. The van der Waals surface area contributed by atoms with Gasteiger partial charge in [-0.1, -0.05) is 17.3 Å². The molecule has 1 N–H and O–H groups in total.